The lowest BCUT2D eigenvalue weighted by Crippen LogP contribution is -2.41. The van der Waals surface area contributed by atoms with Crippen LogP contribution in [0.2, 0.25) is 0 Å². The van der Waals surface area contributed by atoms with Gasteiger partial charge in [0.1, 0.15) is 5.69 Å². The van der Waals surface area contributed by atoms with Crippen LogP contribution in [0.3, 0.4) is 0 Å². The normalized spacial score (nSPS) is 27.3. The predicted octanol–water partition coefficient (Wildman–Crippen LogP) is 0.727. The Hall–Kier alpha value is -1.36. The van der Waals surface area contributed by atoms with Gasteiger partial charge in [0, 0.05) is 31.9 Å². The number of rotatable bonds is 2. The third-order valence-corrected chi connectivity index (χ3v) is 4.07. The van der Waals surface area contributed by atoms with Gasteiger partial charge < -0.3 is 10.2 Å². The van der Waals surface area contributed by atoms with Gasteiger partial charge in [-0.2, -0.15) is 5.10 Å². The molecule has 0 unspecified atom stereocenters. The fourth-order valence-electron chi connectivity index (χ4n) is 3.03. The third-order valence-electron chi connectivity index (χ3n) is 4.07. The van der Waals surface area contributed by atoms with Crippen LogP contribution in [0.15, 0.2) is 12.3 Å². The Balaban J connectivity index is 1.70. The van der Waals surface area contributed by atoms with E-state index in [4.69, 9.17) is 0 Å². The number of amides is 1. The Morgan fingerprint density at radius 2 is 2.44 bits per heavy atom. The smallest absolute Gasteiger partial charge is 0.274 e. The van der Waals surface area contributed by atoms with E-state index in [2.05, 4.69) is 10.4 Å². The molecule has 2 fully saturated rings. The number of likely N-dealkylation sites (tertiary alicyclic amines) is 1. The number of aromatic nitrogens is 2. The van der Waals surface area contributed by atoms with Gasteiger partial charge in [-0.3, -0.25) is 9.48 Å². The van der Waals surface area contributed by atoms with Gasteiger partial charge in [0.15, 0.2) is 0 Å². The predicted molar refractivity (Wildman–Crippen MR) is 68.3 cm³/mol. The van der Waals surface area contributed by atoms with E-state index in [1.165, 1.54) is 12.8 Å². The second kappa shape index (κ2) is 4.72. The summed E-state index contributed by atoms with van der Waals surface area (Å²) in [6.45, 7) is 5.64. The second-order valence-corrected chi connectivity index (χ2v) is 5.23. The maximum Gasteiger partial charge on any atom is 0.274 e. The van der Waals surface area contributed by atoms with Crippen molar-refractivity contribution in [3.8, 4) is 0 Å². The number of fused-ring (bicyclic) bond motifs is 1. The largest absolute Gasteiger partial charge is 0.335 e. The molecule has 1 aromatic heterocycles. The number of carbonyl (C=O) groups excluding carboxylic acids is 1. The average molecular weight is 248 g/mol. The van der Waals surface area contributed by atoms with Crippen LogP contribution < -0.4 is 5.32 Å². The summed E-state index contributed by atoms with van der Waals surface area (Å²) in [5, 5.41) is 7.81. The molecule has 2 aliphatic rings. The number of piperidine rings is 1. The maximum absolute atomic E-state index is 12.3. The summed E-state index contributed by atoms with van der Waals surface area (Å²) in [7, 11) is 0. The van der Waals surface area contributed by atoms with Crippen molar-refractivity contribution in [2.75, 3.05) is 19.6 Å². The molecular weight excluding hydrogens is 228 g/mol. The minimum absolute atomic E-state index is 0.0819. The molecule has 2 saturated heterocycles. The molecule has 0 aliphatic carbocycles. The molecule has 0 radical (unpaired) electrons. The van der Waals surface area contributed by atoms with Gasteiger partial charge in [0.05, 0.1) is 0 Å². The van der Waals surface area contributed by atoms with E-state index in [9.17, 15) is 4.79 Å². The van der Waals surface area contributed by atoms with E-state index < -0.39 is 0 Å². The Morgan fingerprint density at radius 1 is 1.56 bits per heavy atom. The third kappa shape index (κ3) is 2.03. The highest BCUT2D eigenvalue weighted by atomic mass is 16.2. The number of nitrogens with one attached hydrogen (secondary N) is 1. The van der Waals surface area contributed by atoms with E-state index in [0.29, 0.717) is 17.7 Å². The molecular formula is C13H20N4O. The van der Waals surface area contributed by atoms with Gasteiger partial charge in [-0.1, -0.05) is 0 Å². The Labute approximate surface area is 107 Å². The fraction of sp³-hybridized carbons (Fsp3) is 0.692. The minimum atomic E-state index is 0.0819. The second-order valence-electron chi connectivity index (χ2n) is 5.23. The lowest BCUT2D eigenvalue weighted by Gasteiger charge is -2.24. The maximum atomic E-state index is 12.3. The summed E-state index contributed by atoms with van der Waals surface area (Å²) in [5.74, 6) is 0.717. The van der Waals surface area contributed by atoms with Crippen LogP contribution in [0.4, 0.5) is 0 Å². The van der Waals surface area contributed by atoms with Gasteiger partial charge >= 0.3 is 0 Å². The van der Waals surface area contributed by atoms with Gasteiger partial charge in [-0.05, 0) is 38.3 Å². The van der Waals surface area contributed by atoms with Gasteiger partial charge in [-0.25, -0.2) is 0 Å². The van der Waals surface area contributed by atoms with E-state index in [1.54, 1.807) is 4.68 Å². The van der Waals surface area contributed by atoms with Crippen molar-refractivity contribution in [1.29, 1.82) is 0 Å². The Bertz CT molecular complexity index is 428. The first-order valence-electron chi connectivity index (χ1n) is 6.84. The zero-order valence-electron chi connectivity index (χ0n) is 10.8. The number of hydrogen-bond acceptors (Lipinski definition) is 3. The zero-order chi connectivity index (χ0) is 12.5. The number of nitrogens with zero attached hydrogens (tertiary/aromatic N) is 3. The lowest BCUT2D eigenvalue weighted by atomic mass is 9.94. The van der Waals surface area contributed by atoms with Crippen LogP contribution >= 0.6 is 0 Å². The Morgan fingerprint density at radius 3 is 3.17 bits per heavy atom. The van der Waals surface area contributed by atoms with Crippen LogP contribution in [-0.4, -0.2) is 46.3 Å². The molecule has 0 bridgehead atoms. The van der Waals surface area contributed by atoms with E-state index >= 15 is 0 Å². The highest BCUT2D eigenvalue weighted by molar-refractivity contribution is 5.92. The van der Waals surface area contributed by atoms with Crippen molar-refractivity contribution < 1.29 is 4.79 Å². The van der Waals surface area contributed by atoms with Crippen molar-refractivity contribution in [3.05, 3.63) is 18.0 Å². The van der Waals surface area contributed by atoms with Crippen molar-refractivity contribution in [2.45, 2.75) is 32.4 Å². The molecule has 3 rings (SSSR count). The SMILES string of the molecule is CCn1ccc(C(=O)N2C[C@@H]3CCCN[C@@H]3C2)n1. The van der Waals surface area contributed by atoms with Gasteiger partial charge in [-0.15, -0.1) is 0 Å². The molecule has 98 valence electrons. The van der Waals surface area contributed by atoms with Crippen LogP contribution in [0, 0.1) is 5.92 Å². The molecule has 0 aromatic carbocycles. The standard InChI is InChI=1S/C13H20N4O/c1-2-17-7-5-11(15-17)13(18)16-8-10-4-3-6-14-12(10)9-16/h5,7,10,12,14H,2-4,6,8-9H2,1H3/t10-,12+/m0/s1. The van der Waals surface area contributed by atoms with Crippen LogP contribution in [0.1, 0.15) is 30.3 Å². The summed E-state index contributed by atoms with van der Waals surface area (Å²) in [5.41, 5.74) is 0.579. The number of carbonyl (C=O) groups is 1. The van der Waals surface area contributed by atoms with E-state index in [0.717, 1.165) is 26.2 Å². The molecule has 1 N–H and O–H groups in total. The number of hydrogen-bond donors (Lipinski definition) is 1. The summed E-state index contributed by atoms with van der Waals surface area (Å²) in [6, 6.07) is 2.32. The molecule has 5 nitrogen and oxygen atoms in total. The Kier molecular flexibility index (Phi) is 3.07. The molecule has 0 saturated carbocycles. The van der Waals surface area contributed by atoms with Crippen LogP contribution in [-0.2, 0) is 6.54 Å². The summed E-state index contributed by atoms with van der Waals surface area (Å²) < 4.78 is 1.80. The van der Waals surface area contributed by atoms with Crippen molar-refractivity contribution >= 4 is 5.91 Å². The zero-order valence-corrected chi connectivity index (χ0v) is 10.8. The van der Waals surface area contributed by atoms with Crippen molar-refractivity contribution in [3.63, 3.8) is 0 Å². The van der Waals surface area contributed by atoms with Crippen molar-refractivity contribution in [1.82, 2.24) is 20.0 Å². The van der Waals surface area contributed by atoms with Crippen LogP contribution in [0.25, 0.3) is 0 Å². The molecule has 0 spiro atoms. The van der Waals surface area contributed by atoms with Crippen molar-refractivity contribution in [2.24, 2.45) is 5.92 Å². The average Bonchev–Trinajstić information content (AvgIpc) is 3.04. The monoisotopic (exact) mass is 248 g/mol. The molecule has 18 heavy (non-hydrogen) atoms. The van der Waals surface area contributed by atoms with E-state index in [-0.39, 0.29) is 5.91 Å². The summed E-state index contributed by atoms with van der Waals surface area (Å²) in [4.78, 5) is 14.3. The lowest BCUT2D eigenvalue weighted by molar-refractivity contribution is 0.0779. The van der Waals surface area contributed by atoms with Crippen LogP contribution in [0.5, 0.6) is 0 Å². The first-order chi connectivity index (χ1) is 8.78. The molecule has 1 amide bonds. The molecule has 5 heteroatoms. The fourth-order valence-corrected chi connectivity index (χ4v) is 3.03. The molecule has 3 heterocycles. The topological polar surface area (TPSA) is 50.2 Å². The first-order valence-corrected chi connectivity index (χ1v) is 6.84. The summed E-state index contributed by atoms with van der Waals surface area (Å²) in [6.07, 6.45) is 4.34. The highest BCUT2D eigenvalue weighted by Gasteiger charge is 2.37. The summed E-state index contributed by atoms with van der Waals surface area (Å²) >= 11 is 0. The molecule has 1 aromatic rings. The minimum Gasteiger partial charge on any atom is -0.335 e. The highest BCUT2D eigenvalue weighted by Crippen LogP contribution is 2.25. The number of aryl methyl sites for hydroxylation is 1. The van der Waals surface area contributed by atoms with Gasteiger partial charge in [0.25, 0.3) is 5.91 Å². The molecule has 2 atom stereocenters. The quantitative estimate of drug-likeness (QED) is 0.839. The van der Waals surface area contributed by atoms with E-state index in [1.807, 2.05) is 24.1 Å². The molecule has 2 aliphatic heterocycles. The van der Waals surface area contributed by atoms with Gasteiger partial charge in [0.2, 0.25) is 0 Å². The first kappa shape index (κ1) is 11.7.